The minimum atomic E-state index is -0.149. The molecule has 0 radical (unpaired) electrons. The van der Waals surface area contributed by atoms with E-state index < -0.39 is 0 Å². The molecule has 6 nitrogen and oxygen atoms in total. The molecule has 0 saturated carbocycles. The number of methoxy groups -OCH3 is 1. The summed E-state index contributed by atoms with van der Waals surface area (Å²) in [6.45, 7) is 4.25. The van der Waals surface area contributed by atoms with Gasteiger partial charge in [-0.1, -0.05) is 36.8 Å². The fourth-order valence-corrected chi connectivity index (χ4v) is 7.31. The number of ether oxygens (including phenoxy) is 1. The van der Waals surface area contributed by atoms with Crippen molar-refractivity contribution < 1.29 is 9.53 Å². The fourth-order valence-electron chi connectivity index (χ4n) is 4.99. The van der Waals surface area contributed by atoms with Crippen LogP contribution in [0, 0.1) is 35.5 Å². The van der Waals surface area contributed by atoms with E-state index in [-0.39, 0.29) is 12.3 Å². The summed E-state index contributed by atoms with van der Waals surface area (Å²) in [5.41, 5.74) is 6.72. The molecule has 4 aromatic rings. The van der Waals surface area contributed by atoms with E-state index in [9.17, 15) is 15.3 Å². The summed E-state index contributed by atoms with van der Waals surface area (Å²) < 4.78 is 5.31. The first-order valence-electron chi connectivity index (χ1n) is 13.5. The highest BCUT2D eigenvalue weighted by molar-refractivity contribution is 7.99. The number of hydrogen-bond acceptors (Lipinski definition) is 7. The molecule has 1 unspecified atom stereocenters. The molecule has 1 aliphatic rings. The van der Waals surface area contributed by atoms with Crippen molar-refractivity contribution in [3.63, 3.8) is 0 Å². The highest BCUT2D eigenvalue weighted by Gasteiger charge is 2.25. The molecule has 0 fully saturated rings. The molecule has 0 bridgehead atoms. The summed E-state index contributed by atoms with van der Waals surface area (Å²) in [4.78, 5) is 19.0. The Kier molecular flexibility index (Phi) is 8.73. The third-order valence-corrected chi connectivity index (χ3v) is 9.44. The molecular formula is C33H30N4O2S2. The van der Waals surface area contributed by atoms with Gasteiger partial charge in [-0.25, -0.2) is 4.98 Å². The molecule has 206 valence electrons. The number of hydrogen-bond donors (Lipinski definition) is 1. The van der Waals surface area contributed by atoms with Crippen molar-refractivity contribution in [3.05, 3.63) is 81.7 Å². The van der Waals surface area contributed by atoms with Crippen LogP contribution < -0.4 is 10.1 Å². The number of pyridine rings is 1. The summed E-state index contributed by atoms with van der Waals surface area (Å²) in [6, 6.07) is 22.4. The lowest BCUT2D eigenvalue weighted by Crippen LogP contribution is -2.12. The van der Waals surface area contributed by atoms with Crippen molar-refractivity contribution in [3.8, 4) is 40.3 Å². The molecule has 1 N–H and O–H groups in total. The Bertz CT molecular complexity index is 1660. The van der Waals surface area contributed by atoms with Crippen molar-refractivity contribution in [1.82, 2.24) is 4.98 Å². The number of nitrogens with zero attached hydrogens (tertiary/aromatic N) is 3. The van der Waals surface area contributed by atoms with Crippen LogP contribution in [-0.4, -0.2) is 23.8 Å². The third kappa shape index (κ3) is 6.30. The van der Waals surface area contributed by atoms with Crippen molar-refractivity contribution in [2.45, 2.75) is 44.6 Å². The number of benzene rings is 2. The zero-order valence-electron chi connectivity index (χ0n) is 23.3. The molecule has 5 rings (SSSR count). The molecule has 2 aromatic carbocycles. The van der Waals surface area contributed by atoms with Gasteiger partial charge in [0.2, 0.25) is 5.91 Å². The van der Waals surface area contributed by atoms with E-state index in [4.69, 9.17) is 9.72 Å². The molecule has 1 aliphatic carbocycles. The number of carbonyl (C=O) groups is 1. The van der Waals surface area contributed by atoms with Gasteiger partial charge >= 0.3 is 0 Å². The maximum absolute atomic E-state index is 12.9. The molecular weight excluding hydrogens is 549 g/mol. The molecule has 1 atom stereocenters. The number of fused-ring (bicyclic) bond motifs is 1. The van der Waals surface area contributed by atoms with Gasteiger partial charge in [-0.05, 0) is 73.6 Å². The first-order valence-corrected chi connectivity index (χ1v) is 15.3. The van der Waals surface area contributed by atoms with Crippen LogP contribution >= 0.6 is 23.1 Å². The molecule has 41 heavy (non-hydrogen) atoms. The smallest absolute Gasteiger partial charge is 0.225 e. The highest BCUT2D eigenvalue weighted by Crippen LogP contribution is 2.39. The predicted octanol–water partition coefficient (Wildman–Crippen LogP) is 7.78. The minimum absolute atomic E-state index is 0.149. The van der Waals surface area contributed by atoms with E-state index in [0.29, 0.717) is 32.8 Å². The summed E-state index contributed by atoms with van der Waals surface area (Å²) >= 11 is 2.93. The lowest BCUT2D eigenvalue weighted by atomic mass is 9.89. The van der Waals surface area contributed by atoms with Crippen LogP contribution in [-0.2, 0) is 17.6 Å². The Hall–Kier alpha value is -4.11. The Morgan fingerprint density at radius 3 is 2.49 bits per heavy atom. The van der Waals surface area contributed by atoms with E-state index in [1.54, 1.807) is 7.11 Å². The number of nitriles is 2. The molecule has 0 saturated heterocycles. The number of aromatic nitrogens is 1. The lowest BCUT2D eigenvalue weighted by Gasteiger charge is -2.17. The van der Waals surface area contributed by atoms with Crippen LogP contribution in [0.3, 0.4) is 0 Å². The number of amides is 1. The maximum atomic E-state index is 12.9. The topological polar surface area (TPSA) is 98.8 Å². The first-order chi connectivity index (χ1) is 19.9. The van der Waals surface area contributed by atoms with Crippen molar-refractivity contribution in [2.24, 2.45) is 5.92 Å². The lowest BCUT2D eigenvalue weighted by molar-refractivity contribution is -0.115. The van der Waals surface area contributed by atoms with E-state index in [2.05, 4.69) is 24.4 Å². The average molecular weight is 579 g/mol. The largest absolute Gasteiger partial charge is 0.497 e. The second-order valence-corrected chi connectivity index (χ2v) is 12.4. The van der Waals surface area contributed by atoms with E-state index in [0.717, 1.165) is 58.5 Å². The molecule has 2 aromatic heterocycles. The Morgan fingerprint density at radius 1 is 1.10 bits per heavy atom. The van der Waals surface area contributed by atoms with Gasteiger partial charge in [-0.15, -0.1) is 23.1 Å². The number of nitrogens with one attached hydrogen (secondary N) is 1. The summed E-state index contributed by atoms with van der Waals surface area (Å²) in [6.07, 6.45) is 3.14. The van der Waals surface area contributed by atoms with Crippen molar-refractivity contribution in [1.29, 1.82) is 10.5 Å². The SMILES string of the molecule is COc1ccc(-c2cc(-c3ccc(C)cc3)c(C#N)c(SCCC(=O)Nc3sc4c(c3C#N)CCC(C)C4)n2)cc1. The van der Waals surface area contributed by atoms with Crippen LogP contribution in [0.5, 0.6) is 5.75 Å². The number of thioether (sulfide) groups is 1. The van der Waals surface area contributed by atoms with Gasteiger partial charge in [0.15, 0.2) is 0 Å². The number of carbonyl (C=O) groups excluding carboxylic acids is 1. The average Bonchev–Trinajstić information content (AvgIpc) is 3.32. The van der Waals surface area contributed by atoms with E-state index in [1.807, 2.05) is 61.5 Å². The summed E-state index contributed by atoms with van der Waals surface area (Å²) in [7, 11) is 1.63. The van der Waals surface area contributed by atoms with Crippen molar-refractivity contribution in [2.75, 3.05) is 18.2 Å². The van der Waals surface area contributed by atoms with Crippen LogP contribution in [0.25, 0.3) is 22.4 Å². The second-order valence-electron chi connectivity index (χ2n) is 10.3. The van der Waals surface area contributed by atoms with Gasteiger partial charge in [-0.2, -0.15) is 10.5 Å². The Morgan fingerprint density at radius 2 is 1.80 bits per heavy atom. The standard InChI is InChI=1S/C33H30N4O2S2/c1-20-4-7-22(8-5-20)26-17-29(23-9-11-24(39-3)12-10-23)36-32(28(26)19-35)40-15-14-31(38)37-33-27(18-34)25-13-6-21(2)16-30(25)41-33/h4-5,7-12,17,21H,6,13-16H2,1-3H3,(H,37,38). The minimum Gasteiger partial charge on any atom is -0.497 e. The second kappa shape index (κ2) is 12.6. The normalized spacial score (nSPS) is 14.0. The number of anilines is 1. The predicted molar refractivity (Wildman–Crippen MR) is 165 cm³/mol. The fraction of sp³-hybridized carbons (Fsp3) is 0.273. The Labute approximate surface area is 249 Å². The number of thiophene rings is 1. The van der Waals surface area contributed by atoms with Gasteiger partial charge < -0.3 is 10.1 Å². The van der Waals surface area contributed by atoms with Crippen molar-refractivity contribution >= 4 is 34.0 Å². The number of aryl methyl sites for hydroxylation is 1. The zero-order chi connectivity index (χ0) is 28.9. The quantitative estimate of drug-likeness (QED) is 0.214. The molecule has 0 spiro atoms. The number of rotatable bonds is 8. The van der Waals surface area contributed by atoms with Gasteiger partial charge in [0.1, 0.15) is 27.9 Å². The molecule has 0 aliphatic heterocycles. The summed E-state index contributed by atoms with van der Waals surface area (Å²) in [5, 5.41) is 24.2. The highest BCUT2D eigenvalue weighted by atomic mass is 32.2. The molecule has 8 heteroatoms. The van der Waals surface area contributed by atoms with Crippen LogP contribution in [0.15, 0.2) is 59.6 Å². The first kappa shape index (κ1) is 28.4. The summed E-state index contributed by atoms with van der Waals surface area (Å²) in [5.74, 6) is 1.64. The van der Waals surface area contributed by atoms with Gasteiger partial charge in [0.25, 0.3) is 0 Å². The van der Waals surface area contributed by atoms with Gasteiger partial charge in [0, 0.05) is 28.2 Å². The van der Waals surface area contributed by atoms with Gasteiger partial charge in [0.05, 0.1) is 23.9 Å². The molecule has 1 amide bonds. The van der Waals surface area contributed by atoms with Gasteiger partial charge in [-0.3, -0.25) is 4.79 Å². The van der Waals surface area contributed by atoms with Crippen LogP contribution in [0.4, 0.5) is 5.00 Å². The van der Waals surface area contributed by atoms with E-state index in [1.165, 1.54) is 28.0 Å². The van der Waals surface area contributed by atoms with Crippen LogP contribution in [0.1, 0.15) is 46.9 Å². The zero-order valence-corrected chi connectivity index (χ0v) is 24.9. The van der Waals surface area contributed by atoms with E-state index >= 15 is 0 Å². The monoisotopic (exact) mass is 578 g/mol. The Balaban J connectivity index is 1.38. The third-order valence-electron chi connectivity index (χ3n) is 7.29. The maximum Gasteiger partial charge on any atom is 0.225 e. The molecule has 2 heterocycles. The van der Waals surface area contributed by atoms with Crippen LogP contribution in [0.2, 0.25) is 0 Å².